The molecule has 35 heavy (non-hydrogen) atoms. The Morgan fingerprint density at radius 1 is 1.09 bits per heavy atom. The number of aromatic hydroxyl groups is 1. The van der Waals surface area contributed by atoms with Crippen LogP contribution in [0.15, 0.2) is 59.4 Å². The number of amides is 2. The third-order valence-electron chi connectivity index (χ3n) is 4.76. The van der Waals surface area contributed by atoms with Crippen LogP contribution in [-0.4, -0.2) is 32.6 Å². The number of halogens is 2. The third kappa shape index (κ3) is 5.85. The maximum absolute atomic E-state index is 12.5. The van der Waals surface area contributed by atoms with E-state index in [4.69, 9.17) is 23.2 Å². The van der Waals surface area contributed by atoms with Gasteiger partial charge in [-0.25, -0.2) is 5.43 Å². The molecule has 0 aliphatic rings. The van der Waals surface area contributed by atoms with E-state index in [1.165, 1.54) is 11.3 Å². The average Bonchev–Trinajstić information content (AvgIpc) is 3.51. The van der Waals surface area contributed by atoms with Gasteiger partial charge >= 0.3 is 0 Å². The van der Waals surface area contributed by atoms with E-state index in [-0.39, 0.29) is 18.2 Å². The number of aromatic nitrogens is 2. The Kier molecular flexibility index (Phi) is 7.76. The molecule has 2 amide bonds. The number of hydrazone groups is 1. The molecule has 0 saturated heterocycles. The van der Waals surface area contributed by atoms with E-state index in [1.54, 1.807) is 61.2 Å². The Morgan fingerprint density at radius 3 is 2.57 bits per heavy atom. The van der Waals surface area contributed by atoms with Crippen LogP contribution >= 0.6 is 45.9 Å². The van der Waals surface area contributed by atoms with Gasteiger partial charge in [-0.2, -0.15) is 5.10 Å². The molecule has 0 aliphatic heterocycles. The van der Waals surface area contributed by atoms with Crippen LogP contribution < -0.4 is 10.7 Å². The topological polar surface area (TPSA) is 117 Å². The summed E-state index contributed by atoms with van der Waals surface area (Å²) >= 11 is 14.4. The molecule has 0 unspecified atom stereocenters. The fourth-order valence-electron chi connectivity index (χ4n) is 2.96. The minimum Gasteiger partial charge on any atom is -0.506 e. The number of nitrogens with one attached hydrogen (secondary N) is 2. The molecular weight excluding hydrogens is 529 g/mol. The molecule has 12 heteroatoms. The lowest BCUT2D eigenvalue weighted by Gasteiger charge is -2.04. The first kappa shape index (κ1) is 24.8. The Morgan fingerprint density at radius 2 is 1.86 bits per heavy atom. The summed E-state index contributed by atoms with van der Waals surface area (Å²) in [4.78, 5) is 34.2. The maximum atomic E-state index is 12.5. The van der Waals surface area contributed by atoms with Crippen molar-refractivity contribution in [2.24, 2.45) is 5.10 Å². The smallest absolute Gasteiger partial charge is 0.281 e. The summed E-state index contributed by atoms with van der Waals surface area (Å²) < 4.78 is 0. The molecule has 3 N–H and O–H groups in total. The molecule has 3 heterocycles. The van der Waals surface area contributed by atoms with E-state index in [9.17, 15) is 14.7 Å². The Hall–Kier alpha value is -3.31. The van der Waals surface area contributed by atoms with Gasteiger partial charge in [0.15, 0.2) is 0 Å². The maximum Gasteiger partial charge on any atom is 0.281 e. The van der Waals surface area contributed by atoms with Gasteiger partial charge in [-0.3, -0.25) is 19.6 Å². The minimum atomic E-state index is -0.471. The van der Waals surface area contributed by atoms with Gasteiger partial charge in [0.1, 0.15) is 5.75 Å². The highest BCUT2D eigenvalue weighted by Gasteiger charge is 2.17. The molecule has 0 radical (unpaired) electrons. The zero-order valence-electron chi connectivity index (χ0n) is 18.1. The monoisotopic (exact) mass is 545 g/mol. The van der Waals surface area contributed by atoms with Gasteiger partial charge in [0.05, 0.1) is 54.4 Å². The SMILES string of the molecule is C/C(=N/NC(=O)c1ccc(C(=O)NCc2cnccn2)s1)c1csc(-c2ccc(Cl)c(Cl)c2)c1O. The molecule has 0 bridgehead atoms. The molecule has 178 valence electrons. The molecule has 3 aromatic heterocycles. The van der Waals surface area contributed by atoms with Crippen molar-refractivity contribution >= 4 is 63.4 Å². The highest BCUT2D eigenvalue weighted by molar-refractivity contribution is 7.16. The second kappa shape index (κ2) is 11.0. The minimum absolute atomic E-state index is 0.0297. The fraction of sp³-hybridized carbons (Fsp3) is 0.0870. The van der Waals surface area contributed by atoms with Crippen LogP contribution in [-0.2, 0) is 6.54 Å². The number of rotatable bonds is 7. The van der Waals surface area contributed by atoms with Crippen LogP contribution in [0.4, 0.5) is 0 Å². The van der Waals surface area contributed by atoms with E-state index < -0.39 is 5.91 Å². The van der Waals surface area contributed by atoms with Crippen molar-refractivity contribution in [1.82, 2.24) is 20.7 Å². The van der Waals surface area contributed by atoms with Crippen molar-refractivity contribution in [1.29, 1.82) is 0 Å². The summed E-state index contributed by atoms with van der Waals surface area (Å²) in [5.41, 5.74) is 4.70. The summed E-state index contributed by atoms with van der Waals surface area (Å²) in [6.45, 7) is 1.89. The van der Waals surface area contributed by atoms with Gasteiger partial charge in [-0.1, -0.05) is 29.3 Å². The first-order valence-electron chi connectivity index (χ1n) is 10.1. The molecular formula is C23H17Cl2N5O3S2. The summed E-state index contributed by atoms with van der Waals surface area (Å²) in [6.07, 6.45) is 4.66. The zero-order chi connectivity index (χ0) is 24.9. The molecule has 0 atom stereocenters. The largest absolute Gasteiger partial charge is 0.506 e. The molecule has 1 aromatic carbocycles. The molecule has 8 nitrogen and oxygen atoms in total. The summed E-state index contributed by atoms with van der Waals surface area (Å²) in [6, 6.07) is 8.20. The first-order chi connectivity index (χ1) is 16.8. The number of hydrogen-bond donors (Lipinski definition) is 3. The number of carbonyl (C=O) groups is 2. The number of hydrogen-bond acceptors (Lipinski definition) is 8. The van der Waals surface area contributed by atoms with Crippen molar-refractivity contribution < 1.29 is 14.7 Å². The lowest BCUT2D eigenvalue weighted by Crippen LogP contribution is -2.22. The van der Waals surface area contributed by atoms with E-state index >= 15 is 0 Å². The Bertz CT molecular complexity index is 1420. The van der Waals surface area contributed by atoms with E-state index in [0.29, 0.717) is 47.2 Å². The number of benzene rings is 1. The summed E-state index contributed by atoms with van der Waals surface area (Å²) in [5, 5.41) is 20.1. The highest BCUT2D eigenvalue weighted by atomic mass is 35.5. The molecule has 0 aliphatic carbocycles. The van der Waals surface area contributed by atoms with Gasteiger partial charge in [-0.05, 0) is 36.8 Å². The summed E-state index contributed by atoms with van der Waals surface area (Å²) in [7, 11) is 0. The molecule has 0 fully saturated rings. The Balaban J connectivity index is 1.40. The van der Waals surface area contributed by atoms with E-state index in [1.807, 2.05) is 0 Å². The van der Waals surface area contributed by atoms with Crippen molar-refractivity contribution in [2.45, 2.75) is 13.5 Å². The molecule has 0 spiro atoms. The normalized spacial score (nSPS) is 11.3. The number of carbonyl (C=O) groups excluding carboxylic acids is 2. The van der Waals surface area contributed by atoms with Crippen LogP contribution in [0.2, 0.25) is 10.0 Å². The van der Waals surface area contributed by atoms with E-state index in [2.05, 4.69) is 25.8 Å². The highest BCUT2D eigenvalue weighted by Crippen LogP contribution is 2.40. The molecule has 0 saturated carbocycles. The standard InChI is InChI=1S/C23H17Cl2N5O3S2/c1-12(15-11-34-21(20(15)31)13-2-3-16(24)17(25)8-13)29-30-23(33)19-5-4-18(35-19)22(32)28-10-14-9-26-6-7-27-14/h2-9,11,31H,10H2,1H3,(H,28,32)(H,30,33)/b29-12-. The Labute approximate surface area is 218 Å². The van der Waals surface area contributed by atoms with Crippen LogP contribution in [0.25, 0.3) is 10.4 Å². The lowest BCUT2D eigenvalue weighted by molar-refractivity contribution is 0.0949. The van der Waals surface area contributed by atoms with Crippen molar-refractivity contribution in [3.63, 3.8) is 0 Å². The van der Waals surface area contributed by atoms with Crippen LogP contribution in [0.5, 0.6) is 5.75 Å². The van der Waals surface area contributed by atoms with Gasteiger partial charge in [0.2, 0.25) is 0 Å². The molecule has 4 rings (SSSR count). The van der Waals surface area contributed by atoms with Gasteiger partial charge in [0.25, 0.3) is 11.8 Å². The average molecular weight is 546 g/mol. The van der Waals surface area contributed by atoms with Crippen LogP contribution in [0.3, 0.4) is 0 Å². The van der Waals surface area contributed by atoms with Crippen molar-refractivity contribution in [3.05, 3.63) is 85.4 Å². The second-order valence-electron chi connectivity index (χ2n) is 7.14. The lowest BCUT2D eigenvalue weighted by atomic mass is 10.1. The van der Waals surface area contributed by atoms with Gasteiger partial charge in [0, 0.05) is 17.8 Å². The molecule has 4 aromatic rings. The van der Waals surface area contributed by atoms with Crippen molar-refractivity contribution in [2.75, 3.05) is 0 Å². The zero-order valence-corrected chi connectivity index (χ0v) is 21.2. The number of nitrogens with zero attached hydrogens (tertiary/aromatic N) is 3. The summed E-state index contributed by atoms with van der Waals surface area (Å²) in [5.74, 6) is -0.763. The number of thiophene rings is 2. The predicted octanol–water partition coefficient (Wildman–Crippen LogP) is 5.36. The predicted molar refractivity (Wildman–Crippen MR) is 139 cm³/mol. The van der Waals surface area contributed by atoms with Gasteiger partial charge in [-0.15, -0.1) is 22.7 Å². The first-order valence-corrected chi connectivity index (χ1v) is 12.5. The quantitative estimate of drug-likeness (QED) is 0.213. The van der Waals surface area contributed by atoms with Crippen LogP contribution in [0, 0.1) is 0 Å². The van der Waals surface area contributed by atoms with E-state index in [0.717, 1.165) is 11.3 Å². The van der Waals surface area contributed by atoms with Gasteiger partial charge < -0.3 is 10.4 Å². The fourth-order valence-corrected chi connectivity index (χ4v) is 5.07. The third-order valence-corrected chi connectivity index (χ3v) is 7.60. The van der Waals surface area contributed by atoms with Crippen molar-refractivity contribution in [3.8, 4) is 16.2 Å². The van der Waals surface area contributed by atoms with Crippen LogP contribution in [0.1, 0.15) is 37.5 Å². The second-order valence-corrected chi connectivity index (χ2v) is 9.92.